The summed E-state index contributed by atoms with van der Waals surface area (Å²) in [4.78, 5) is 1.33. The lowest BCUT2D eigenvalue weighted by atomic mass is 10.0. The average Bonchev–Trinajstić information content (AvgIpc) is 3.18. The Morgan fingerprint density at radius 2 is 2.00 bits per heavy atom. The first-order valence-electron chi connectivity index (χ1n) is 6.61. The fourth-order valence-corrected chi connectivity index (χ4v) is 2.63. The Hall–Kier alpha value is -0.510. The summed E-state index contributed by atoms with van der Waals surface area (Å²) in [6, 6.07) is 8.82. The van der Waals surface area contributed by atoms with Crippen LogP contribution in [0, 0.1) is 5.41 Å². The monoisotopic (exact) mass is 265 g/mol. The molecule has 1 aliphatic carbocycles. The molecule has 0 saturated heterocycles. The zero-order valence-corrected chi connectivity index (χ0v) is 12.2. The second kappa shape index (κ2) is 6.60. The lowest BCUT2D eigenvalue weighted by Gasteiger charge is -2.15. The van der Waals surface area contributed by atoms with E-state index < -0.39 is 0 Å². The Labute approximate surface area is 114 Å². The Kier molecular flexibility index (Phi) is 5.10. The minimum atomic E-state index is 0.537. The lowest BCUT2D eigenvalue weighted by molar-refractivity contribution is 0.171. The zero-order valence-electron chi connectivity index (χ0n) is 11.4. The van der Waals surface area contributed by atoms with Crippen molar-refractivity contribution < 1.29 is 4.74 Å². The van der Waals surface area contributed by atoms with Crippen molar-refractivity contribution in [1.82, 2.24) is 5.32 Å². The van der Waals surface area contributed by atoms with Crippen LogP contribution in [0.1, 0.15) is 24.8 Å². The maximum absolute atomic E-state index is 5.18. The lowest BCUT2D eigenvalue weighted by Crippen LogP contribution is -2.24. The van der Waals surface area contributed by atoms with E-state index >= 15 is 0 Å². The molecule has 0 heterocycles. The highest BCUT2D eigenvalue weighted by molar-refractivity contribution is 7.98. The SMILES string of the molecule is COCCC1(CNCc2ccc(SC)cc2)CC1. The van der Waals surface area contributed by atoms with Crippen LogP contribution in [0.4, 0.5) is 0 Å². The van der Waals surface area contributed by atoms with Crippen LogP contribution >= 0.6 is 11.8 Å². The molecule has 0 bridgehead atoms. The first kappa shape index (κ1) is 13.9. The number of methoxy groups -OCH3 is 1. The van der Waals surface area contributed by atoms with Gasteiger partial charge in [0, 0.05) is 31.7 Å². The molecule has 0 unspecified atom stereocenters. The van der Waals surface area contributed by atoms with Crippen LogP contribution in [0.15, 0.2) is 29.2 Å². The number of ether oxygens (including phenoxy) is 1. The van der Waals surface area contributed by atoms with E-state index in [9.17, 15) is 0 Å². The summed E-state index contributed by atoms with van der Waals surface area (Å²) in [6.07, 6.45) is 6.02. The minimum Gasteiger partial charge on any atom is -0.385 e. The van der Waals surface area contributed by atoms with Gasteiger partial charge in [-0.25, -0.2) is 0 Å². The molecule has 0 atom stereocenters. The first-order chi connectivity index (χ1) is 8.78. The Balaban J connectivity index is 1.71. The predicted octanol–water partition coefficient (Wildman–Crippen LogP) is 3.31. The van der Waals surface area contributed by atoms with Gasteiger partial charge in [-0.15, -0.1) is 11.8 Å². The van der Waals surface area contributed by atoms with Crippen LogP contribution in [0.25, 0.3) is 0 Å². The molecule has 0 aromatic heterocycles. The van der Waals surface area contributed by atoms with Gasteiger partial charge in [0.2, 0.25) is 0 Å². The summed E-state index contributed by atoms with van der Waals surface area (Å²) >= 11 is 1.79. The van der Waals surface area contributed by atoms with Gasteiger partial charge in [-0.05, 0) is 48.6 Å². The maximum atomic E-state index is 5.18. The van der Waals surface area contributed by atoms with Crippen molar-refractivity contribution in [2.75, 3.05) is 26.5 Å². The average molecular weight is 265 g/mol. The Bertz CT molecular complexity index is 359. The number of hydrogen-bond acceptors (Lipinski definition) is 3. The van der Waals surface area contributed by atoms with Crippen LogP contribution in [0.5, 0.6) is 0 Å². The third kappa shape index (κ3) is 4.01. The van der Waals surface area contributed by atoms with Crippen LogP contribution < -0.4 is 5.32 Å². The van der Waals surface area contributed by atoms with Crippen molar-refractivity contribution in [3.8, 4) is 0 Å². The Morgan fingerprint density at radius 3 is 2.56 bits per heavy atom. The zero-order chi connectivity index (χ0) is 12.8. The van der Waals surface area contributed by atoms with Gasteiger partial charge in [-0.3, -0.25) is 0 Å². The van der Waals surface area contributed by atoms with Crippen molar-refractivity contribution >= 4 is 11.8 Å². The van der Waals surface area contributed by atoms with Crippen molar-refractivity contribution in [3.05, 3.63) is 29.8 Å². The van der Waals surface area contributed by atoms with E-state index in [0.29, 0.717) is 5.41 Å². The van der Waals surface area contributed by atoms with Crippen LogP contribution in [0.3, 0.4) is 0 Å². The van der Waals surface area contributed by atoms with E-state index in [0.717, 1.165) is 19.7 Å². The summed E-state index contributed by atoms with van der Waals surface area (Å²) < 4.78 is 5.18. The highest BCUT2D eigenvalue weighted by atomic mass is 32.2. The van der Waals surface area contributed by atoms with Gasteiger partial charge < -0.3 is 10.1 Å². The third-order valence-electron chi connectivity index (χ3n) is 3.78. The van der Waals surface area contributed by atoms with Crippen LogP contribution in [-0.4, -0.2) is 26.5 Å². The molecule has 0 radical (unpaired) electrons. The maximum Gasteiger partial charge on any atom is 0.0468 e. The number of benzene rings is 1. The first-order valence-corrected chi connectivity index (χ1v) is 7.83. The van der Waals surface area contributed by atoms with Crippen molar-refractivity contribution in [2.24, 2.45) is 5.41 Å². The van der Waals surface area contributed by atoms with E-state index in [1.54, 1.807) is 18.9 Å². The van der Waals surface area contributed by atoms with Gasteiger partial charge in [-0.1, -0.05) is 12.1 Å². The molecular formula is C15H23NOS. The molecule has 100 valence electrons. The fourth-order valence-electron chi connectivity index (χ4n) is 2.23. The molecule has 0 aliphatic heterocycles. The molecule has 2 nitrogen and oxygen atoms in total. The molecule has 0 spiro atoms. The smallest absolute Gasteiger partial charge is 0.0468 e. The van der Waals surface area contributed by atoms with Gasteiger partial charge in [0.25, 0.3) is 0 Å². The largest absolute Gasteiger partial charge is 0.385 e. The van der Waals surface area contributed by atoms with Crippen molar-refractivity contribution in [3.63, 3.8) is 0 Å². The van der Waals surface area contributed by atoms with Gasteiger partial charge in [-0.2, -0.15) is 0 Å². The van der Waals surface area contributed by atoms with Gasteiger partial charge in [0.1, 0.15) is 0 Å². The van der Waals surface area contributed by atoms with Crippen molar-refractivity contribution in [2.45, 2.75) is 30.7 Å². The standard InChI is InChI=1S/C15H23NOS/c1-17-10-9-15(7-8-15)12-16-11-13-3-5-14(18-2)6-4-13/h3-6,16H,7-12H2,1-2H3. The second-order valence-corrected chi connectivity index (χ2v) is 6.07. The number of hydrogen-bond donors (Lipinski definition) is 1. The molecule has 1 aliphatic rings. The molecule has 1 fully saturated rings. The number of nitrogens with one attached hydrogen (secondary N) is 1. The molecule has 0 amide bonds. The molecule has 2 rings (SSSR count). The minimum absolute atomic E-state index is 0.537. The van der Waals surface area contributed by atoms with E-state index in [4.69, 9.17) is 4.74 Å². The summed E-state index contributed by atoms with van der Waals surface area (Å²) in [7, 11) is 1.79. The van der Waals surface area contributed by atoms with Crippen LogP contribution in [0.2, 0.25) is 0 Å². The van der Waals surface area contributed by atoms with Gasteiger partial charge in [0.15, 0.2) is 0 Å². The van der Waals surface area contributed by atoms with E-state index in [1.807, 2.05) is 0 Å². The normalized spacial score (nSPS) is 16.8. The van der Waals surface area contributed by atoms with Crippen molar-refractivity contribution in [1.29, 1.82) is 0 Å². The molecule has 3 heteroatoms. The molecule has 1 aromatic rings. The number of thioether (sulfide) groups is 1. The fraction of sp³-hybridized carbons (Fsp3) is 0.600. The summed E-state index contributed by atoms with van der Waals surface area (Å²) in [5.74, 6) is 0. The van der Waals surface area contributed by atoms with Crippen LogP contribution in [-0.2, 0) is 11.3 Å². The topological polar surface area (TPSA) is 21.3 Å². The molecule has 1 saturated carbocycles. The quantitative estimate of drug-likeness (QED) is 0.729. The van der Waals surface area contributed by atoms with Gasteiger partial charge >= 0.3 is 0 Å². The highest BCUT2D eigenvalue weighted by Gasteiger charge is 2.41. The third-order valence-corrected chi connectivity index (χ3v) is 4.53. The summed E-state index contributed by atoms with van der Waals surface area (Å²) in [5, 5.41) is 3.59. The molecular weight excluding hydrogens is 242 g/mol. The summed E-state index contributed by atoms with van der Waals surface area (Å²) in [6.45, 7) is 2.99. The highest BCUT2D eigenvalue weighted by Crippen LogP contribution is 2.48. The van der Waals surface area contributed by atoms with E-state index in [2.05, 4.69) is 35.8 Å². The molecule has 18 heavy (non-hydrogen) atoms. The summed E-state index contributed by atoms with van der Waals surface area (Å²) in [5.41, 5.74) is 1.91. The predicted molar refractivity (Wildman–Crippen MR) is 78.1 cm³/mol. The number of rotatable bonds is 8. The molecule has 1 N–H and O–H groups in total. The van der Waals surface area contributed by atoms with E-state index in [1.165, 1.54) is 29.7 Å². The molecule has 1 aromatic carbocycles. The van der Waals surface area contributed by atoms with Gasteiger partial charge in [0.05, 0.1) is 0 Å². The van der Waals surface area contributed by atoms with E-state index in [-0.39, 0.29) is 0 Å². The Morgan fingerprint density at radius 1 is 1.28 bits per heavy atom. The second-order valence-electron chi connectivity index (χ2n) is 5.19.